The van der Waals surface area contributed by atoms with E-state index in [1.54, 1.807) is 0 Å². The highest BCUT2D eigenvalue weighted by Gasteiger charge is -0.112. The molecule has 0 aromatic carbocycles. The molecule has 0 heterocycles. The van der Waals surface area contributed by atoms with Crippen molar-refractivity contribution in [3.05, 3.63) is 0 Å². The maximum Gasteiger partial charge on any atom is -0.114 e. The van der Waals surface area contributed by atoms with Crippen LogP contribution in [0.3, 0.4) is 0 Å². The fraction of sp³-hybridized carbons (Fsp3) is 0. The van der Waals surface area contributed by atoms with E-state index in [1.165, 1.54) is 0 Å². The average molecular weight is 308 g/mol. The Morgan fingerprint density at radius 3 is 0.333 bits per heavy atom. The molecule has 0 N–H and O–H groups in total. The Bertz CT molecular complexity index is 5.51. The molecule has 6 heteroatoms. The third kappa shape index (κ3) is 35.7. The van der Waals surface area contributed by atoms with Crippen LogP contribution in [0.5, 0.6) is 0 Å². The van der Waals surface area contributed by atoms with E-state index in [4.69, 9.17) is 0 Å². The van der Waals surface area contributed by atoms with Gasteiger partial charge >= 0.3 is 0 Å². The summed E-state index contributed by atoms with van der Waals surface area (Å²) in [5, 5.41) is 0. The second-order valence-corrected chi connectivity index (χ2v) is 0. The van der Waals surface area contributed by atoms with E-state index in [0.29, 0.717) is 0 Å². The summed E-state index contributed by atoms with van der Waals surface area (Å²) >= 11 is 0. The van der Waals surface area contributed by atoms with Crippen molar-refractivity contribution in [2.24, 2.45) is 0 Å². The zero-order valence-corrected chi connectivity index (χ0v) is 9.14. The van der Waals surface area contributed by atoms with Crippen LogP contribution >= 0.6 is 83.6 Å². The molecular weight excluding hydrogens is 302 g/mol. The minimum Gasteiger partial charge on any atom is -0.147 e. The second kappa shape index (κ2) is 59.3. The first-order valence-corrected chi connectivity index (χ1v) is 0. The van der Waals surface area contributed by atoms with Gasteiger partial charge in [0.15, 0.2) is 0 Å². The molecule has 0 aromatic heterocycles. The fourth-order valence-corrected chi connectivity index (χ4v) is 0. The summed E-state index contributed by atoms with van der Waals surface area (Å²) in [6.45, 7) is 0. The predicted molar refractivity (Wildman–Crippen MR) is 49.6 cm³/mol. The van der Waals surface area contributed by atoms with Gasteiger partial charge in [0, 0.05) is 0 Å². The van der Waals surface area contributed by atoms with Crippen LogP contribution in [0.1, 0.15) is 0 Å². The lowest BCUT2D eigenvalue weighted by atomic mass is 35.5. The van der Waals surface area contributed by atoms with E-state index in [9.17, 15) is 0 Å². The van der Waals surface area contributed by atoms with Crippen molar-refractivity contribution < 1.29 is 0 Å². The molecule has 0 saturated carbocycles. The van der Waals surface area contributed by atoms with E-state index in [0.717, 1.165) is 0 Å². The van der Waals surface area contributed by atoms with Crippen molar-refractivity contribution in [2.75, 3.05) is 0 Å². The van der Waals surface area contributed by atoms with Crippen LogP contribution in [-0.4, -0.2) is 0 Å². The largest absolute Gasteiger partial charge is 0.147 e. The van der Waals surface area contributed by atoms with Gasteiger partial charge in [0.1, 0.15) is 0 Å². The number of hydrogen-bond donors (Lipinski definition) is 0. The Hall–Kier alpha value is 2.12. The fourth-order valence-electron chi connectivity index (χ4n) is 0. The summed E-state index contributed by atoms with van der Waals surface area (Å²) < 4.78 is 0. The van der Waals surface area contributed by atoms with Crippen molar-refractivity contribution in [1.29, 1.82) is 0 Å². The molecule has 0 aliphatic rings. The quantitative estimate of drug-likeness (QED) is 0.645. The highest BCUT2D eigenvalue weighted by molar-refractivity contribution is 8.93. The van der Waals surface area contributed by atoms with Crippen LogP contribution in [0.4, 0.5) is 0 Å². The van der Waals surface area contributed by atoms with E-state index < -0.39 is 0 Å². The van der Waals surface area contributed by atoms with E-state index in [-0.39, 0.29) is 83.6 Å². The van der Waals surface area contributed by atoms with Crippen molar-refractivity contribution in [1.82, 2.24) is 0 Å². The number of rotatable bonds is 0. The number of hydrogen-bond acceptors (Lipinski definition) is 0. The summed E-state index contributed by atoms with van der Waals surface area (Å²) in [6.07, 6.45) is 0. The van der Waals surface area contributed by atoms with Crippen LogP contribution in [0.25, 0.3) is 0 Å². The third-order valence-electron chi connectivity index (χ3n) is 0. The summed E-state index contributed by atoms with van der Waals surface area (Å²) in [5.74, 6) is 0. The SMILES string of the molecule is Br.Br.Cl.Cl.Cl.Cl. The van der Waals surface area contributed by atoms with Gasteiger partial charge in [0.05, 0.1) is 0 Å². The van der Waals surface area contributed by atoms with Gasteiger partial charge < -0.3 is 0 Å². The van der Waals surface area contributed by atoms with Crippen LogP contribution in [0.2, 0.25) is 0 Å². The molecule has 0 atom stereocenters. The van der Waals surface area contributed by atoms with Crippen LogP contribution < -0.4 is 0 Å². The molecule has 0 aromatic rings. The van der Waals surface area contributed by atoms with Crippen LogP contribution in [-0.2, 0) is 0 Å². The standard InChI is InChI=1S/2BrH.4ClH/h6*1H. The highest BCUT2D eigenvalue weighted by atomic mass is 79.9. The maximum absolute atomic E-state index is 0. The Morgan fingerprint density at radius 2 is 0.333 bits per heavy atom. The highest BCUT2D eigenvalue weighted by Crippen LogP contribution is 0.847. The molecule has 6 heavy (non-hydrogen) atoms. The van der Waals surface area contributed by atoms with Gasteiger partial charge in [-0.3, -0.25) is 0 Å². The Kier molecular flexibility index (Phi) is 906. The first-order valence-electron chi connectivity index (χ1n) is 0. The third-order valence-corrected chi connectivity index (χ3v) is 0. The summed E-state index contributed by atoms with van der Waals surface area (Å²) in [5.41, 5.74) is 0. The topological polar surface area (TPSA) is 0 Å². The molecule has 0 amide bonds. The molecule has 0 radical (unpaired) electrons. The molecule has 48 valence electrons. The van der Waals surface area contributed by atoms with E-state index in [1.807, 2.05) is 0 Å². The van der Waals surface area contributed by atoms with Crippen LogP contribution in [0.15, 0.2) is 0 Å². The summed E-state index contributed by atoms with van der Waals surface area (Å²) in [6, 6.07) is 0. The molecule has 0 unspecified atom stereocenters. The minimum atomic E-state index is 0. The van der Waals surface area contributed by atoms with Crippen molar-refractivity contribution in [3.63, 3.8) is 0 Å². The first-order chi connectivity index (χ1) is 0. The number of halogens is 6. The lowest BCUT2D eigenvalue weighted by molar-refractivity contribution is 5.85. The van der Waals surface area contributed by atoms with Crippen molar-refractivity contribution in [2.45, 2.75) is 0 Å². The van der Waals surface area contributed by atoms with Gasteiger partial charge in [-0.2, -0.15) is 0 Å². The Balaban J connectivity index is 0. The van der Waals surface area contributed by atoms with Gasteiger partial charge in [-0.25, -0.2) is 0 Å². The lowest BCUT2D eigenvalue weighted by Gasteiger charge is -0.148. The smallest absolute Gasteiger partial charge is 0.114 e. The van der Waals surface area contributed by atoms with Crippen molar-refractivity contribution >= 4 is 83.6 Å². The van der Waals surface area contributed by atoms with Gasteiger partial charge in [0.25, 0.3) is 0 Å². The summed E-state index contributed by atoms with van der Waals surface area (Å²) in [7, 11) is 0. The van der Waals surface area contributed by atoms with Gasteiger partial charge in [0.2, 0.25) is 0 Å². The van der Waals surface area contributed by atoms with E-state index >= 15 is 0 Å². The van der Waals surface area contributed by atoms with Gasteiger partial charge in [-0.1, -0.05) is 0 Å². The molecule has 0 spiro atoms. The summed E-state index contributed by atoms with van der Waals surface area (Å²) in [4.78, 5) is 0. The maximum atomic E-state index is 0. The zero-order chi connectivity index (χ0) is 0. The molecule has 0 bridgehead atoms. The Labute approximate surface area is 83.0 Å². The minimum absolute atomic E-state index is 0. The zero-order valence-electron chi connectivity index (χ0n) is 2.45. The molecule has 0 rings (SSSR count). The predicted octanol–water partition coefficient (Wildman–Crippen LogP) is 2.84. The van der Waals surface area contributed by atoms with Crippen LogP contribution in [0, 0.1) is 0 Å². The van der Waals surface area contributed by atoms with Gasteiger partial charge in [-0.15, -0.1) is 83.6 Å². The molecule has 0 saturated heterocycles. The molecule has 0 fully saturated rings. The normalized spacial score (nSPS) is 0. The molecule has 0 aliphatic heterocycles. The average Bonchev–Trinajstić information content (AvgIpc) is 0. The van der Waals surface area contributed by atoms with E-state index in [2.05, 4.69) is 0 Å². The van der Waals surface area contributed by atoms with Gasteiger partial charge in [-0.05, 0) is 0 Å². The van der Waals surface area contributed by atoms with Crippen molar-refractivity contribution in [3.8, 4) is 0 Å². The monoisotopic (exact) mass is 304 g/mol. The first kappa shape index (κ1) is 91.6. The molecule has 0 nitrogen and oxygen atoms in total. The molecular formula is H6Br2Cl4. The second-order valence-electron chi connectivity index (χ2n) is 0. The Morgan fingerprint density at radius 1 is 0.333 bits per heavy atom. The molecule has 0 aliphatic carbocycles. The lowest BCUT2D eigenvalue weighted by Crippen LogP contribution is 0.689.